The molecule has 8 nitrogen and oxygen atoms in total. The molecule has 5 aromatic carbocycles. The molecule has 0 aliphatic carbocycles. The Morgan fingerprint density at radius 3 is 2.05 bits per heavy atom. The molecule has 0 saturated carbocycles. The van der Waals surface area contributed by atoms with Gasteiger partial charge < -0.3 is 20.7 Å². The molecule has 2 heterocycles. The molecule has 1 aliphatic rings. The predicted octanol–water partition coefficient (Wildman–Crippen LogP) is 10.4. The van der Waals surface area contributed by atoms with E-state index in [0.717, 1.165) is 27.8 Å². The first-order valence-electron chi connectivity index (χ1n) is 21.6. The summed E-state index contributed by atoms with van der Waals surface area (Å²) in [4.78, 5) is 46.6. The fraction of sp³-hybridized carbons (Fsp3) is 0.308. The van der Waals surface area contributed by atoms with E-state index >= 15 is 0 Å². The topological polar surface area (TPSA) is 109 Å². The Balaban J connectivity index is 1.20. The zero-order valence-corrected chi connectivity index (χ0v) is 39.0. The van der Waals surface area contributed by atoms with Gasteiger partial charge in [-0.05, 0) is 111 Å². The van der Waals surface area contributed by atoms with Crippen LogP contribution in [0, 0.1) is 5.82 Å². The normalized spacial score (nSPS) is 16.1. The molecule has 1 fully saturated rings. The summed E-state index contributed by atoms with van der Waals surface area (Å²) in [5, 5.41) is 12.4. The largest absolute Gasteiger partial charge is 0.458 e. The van der Waals surface area contributed by atoms with Crippen molar-refractivity contribution in [3.8, 4) is 0 Å². The highest BCUT2D eigenvalue weighted by Gasteiger charge is 2.44. The molecule has 0 radical (unpaired) electrons. The number of nitrogens with zero attached hydrogens (tertiary/aromatic N) is 1. The second kappa shape index (κ2) is 21.6. The van der Waals surface area contributed by atoms with Crippen LogP contribution in [-0.4, -0.2) is 70.2 Å². The van der Waals surface area contributed by atoms with E-state index in [1.165, 1.54) is 23.5 Å². The van der Waals surface area contributed by atoms with Gasteiger partial charge in [-0.3, -0.25) is 9.59 Å². The number of Topliss-reactive ketones (excluding diaryl/α,β-unsaturated/α-hetero) is 1. The number of amides is 1. The maximum atomic E-state index is 14.4. The van der Waals surface area contributed by atoms with E-state index < -0.39 is 34.3 Å². The van der Waals surface area contributed by atoms with E-state index in [9.17, 15) is 18.8 Å². The molecule has 12 heteroatoms. The zero-order valence-electron chi connectivity index (χ0n) is 36.6. The number of anilines is 1. The standard InChI is InChI=1S/C52H55FN4O4S3/c1-51(2,3)61-50(60)46(45-33-42(34-55-45)64-52(37-14-8-5-9-15-37,38-16-10-6-11-17-38)39-18-12-7-13-19-39)56-41-27-24-36(23-20-35-21-25-40(53)26-22-35)43(32-41)48(59)57-44(28-30-62-4)47(58)49-54-29-31-63-49/h5-19,21-22,24-27,29,31-32,42,44-46,55-56H,20,23,28,30,33-34H2,1-4H3,(H,57,59)/t42-,44-,45-,46?/m0/s1. The van der Waals surface area contributed by atoms with Crippen molar-refractivity contribution in [1.29, 1.82) is 0 Å². The number of nitrogens with one attached hydrogen (secondary N) is 3. The molecule has 1 aliphatic heterocycles. The lowest BCUT2D eigenvalue weighted by Crippen LogP contribution is -2.48. The third-order valence-corrected chi connectivity index (χ3v) is 14.4. The summed E-state index contributed by atoms with van der Waals surface area (Å²) in [6, 6.07) is 41.7. The first kappa shape index (κ1) is 46.7. The van der Waals surface area contributed by atoms with Crippen molar-refractivity contribution >= 4 is 58.2 Å². The van der Waals surface area contributed by atoms with Gasteiger partial charge in [0, 0.05) is 40.7 Å². The Morgan fingerprint density at radius 1 is 0.859 bits per heavy atom. The fourth-order valence-corrected chi connectivity index (χ4v) is 11.1. The number of esters is 1. The second-order valence-corrected chi connectivity index (χ2v) is 20.3. The Hall–Kier alpha value is -5.27. The molecule has 3 N–H and O–H groups in total. The summed E-state index contributed by atoms with van der Waals surface area (Å²) < 4.78 is 19.3. The van der Waals surface area contributed by atoms with Crippen molar-refractivity contribution in [1.82, 2.24) is 15.6 Å². The van der Waals surface area contributed by atoms with Crippen LogP contribution in [0.5, 0.6) is 0 Å². The predicted molar refractivity (Wildman–Crippen MR) is 261 cm³/mol. The molecule has 64 heavy (non-hydrogen) atoms. The van der Waals surface area contributed by atoms with Gasteiger partial charge in [0.15, 0.2) is 5.01 Å². The van der Waals surface area contributed by atoms with Crippen molar-refractivity contribution in [3.05, 3.63) is 189 Å². The van der Waals surface area contributed by atoms with Gasteiger partial charge in [-0.15, -0.1) is 23.1 Å². The first-order chi connectivity index (χ1) is 30.9. The number of ether oxygens (including phenoxy) is 1. The Morgan fingerprint density at radius 2 is 1.48 bits per heavy atom. The molecule has 332 valence electrons. The third-order valence-electron chi connectivity index (χ3n) is 11.2. The molecule has 6 aromatic rings. The van der Waals surface area contributed by atoms with Gasteiger partial charge in [0.05, 0.1) is 10.8 Å². The van der Waals surface area contributed by atoms with E-state index in [1.54, 1.807) is 41.5 Å². The Labute approximate surface area is 388 Å². The van der Waals surface area contributed by atoms with Crippen molar-refractivity contribution in [3.63, 3.8) is 0 Å². The lowest BCUT2D eigenvalue weighted by atomic mass is 9.84. The van der Waals surface area contributed by atoms with Gasteiger partial charge in [0.1, 0.15) is 17.5 Å². The number of hydrogen-bond donors (Lipinski definition) is 3. The second-order valence-electron chi connectivity index (χ2n) is 16.9. The van der Waals surface area contributed by atoms with Crippen molar-refractivity contribution < 1.29 is 23.5 Å². The lowest BCUT2D eigenvalue weighted by Gasteiger charge is -2.37. The molecular formula is C52H55FN4O4S3. The Bertz CT molecular complexity index is 2350. The quantitative estimate of drug-likeness (QED) is 0.0416. The number of thioether (sulfide) groups is 2. The van der Waals surface area contributed by atoms with E-state index in [4.69, 9.17) is 4.74 Å². The zero-order chi connectivity index (χ0) is 45.1. The van der Waals surface area contributed by atoms with Crippen LogP contribution in [0.3, 0.4) is 0 Å². The molecular weight excluding hydrogens is 860 g/mol. The number of hydrogen-bond acceptors (Lipinski definition) is 10. The number of halogens is 1. The molecule has 0 spiro atoms. The average molecular weight is 915 g/mol. The number of thiazole rings is 1. The van der Waals surface area contributed by atoms with Crippen LogP contribution in [-0.2, 0) is 27.1 Å². The van der Waals surface area contributed by atoms with Crippen LogP contribution in [0.25, 0.3) is 0 Å². The Kier molecular flexibility index (Phi) is 15.8. The number of aromatic nitrogens is 1. The minimum atomic E-state index is -0.814. The van der Waals surface area contributed by atoms with Gasteiger partial charge in [-0.25, -0.2) is 14.2 Å². The number of benzene rings is 5. The van der Waals surface area contributed by atoms with Gasteiger partial charge in [-0.1, -0.05) is 109 Å². The van der Waals surface area contributed by atoms with Gasteiger partial charge in [0.25, 0.3) is 5.91 Å². The molecule has 4 atom stereocenters. The number of carbonyl (C=O) groups excluding carboxylic acids is 3. The van der Waals surface area contributed by atoms with Crippen LogP contribution in [0.4, 0.5) is 10.1 Å². The summed E-state index contributed by atoms with van der Waals surface area (Å²) in [5.41, 5.74) is 5.35. The highest BCUT2D eigenvalue weighted by Crippen LogP contribution is 2.51. The van der Waals surface area contributed by atoms with Crippen molar-refractivity contribution in [2.75, 3.05) is 23.9 Å². The van der Waals surface area contributed by atoms with Crippen LogP contribution >= 0.6 is 34.9 Å². The van der Waals surface area contributed by atoms with Crippen LogP contribution in [0.1, 0.15) is 81.6 Å². The number of aryl methyl sites for hydroxylation is 2. The SMILES string of the molecule is CSCC[C@H](NC(=O)c1cc(NC(C(=O)OC(C)(C)C)[C@@H]2C[C@H](SC(c3ccccc3)(c3ccccc3)c3ccccc3)CN2)ccc1CCc1ccc(F)cc1)C(=O)c1nccs1. The molecule has 7 rings (SSSR count). The summed E-state index contributed by atoms with van der Waals surface area (Å²) in [6.45, 7) is 6.21. The van der Waals surface area contributed by atoms with Crippen molar-refractivity contribution in [2.45, 2.75) is 80.2 Å². The molecule has 1 aromatic heterocycles. The summed E-state index contributed by atoms with van der Waals surface area (Å²) in [7, 11) is 0. The van der Waals surface area contributed by atoms with E-state index in [-0.39, 0.29) is 22.9 Å². The van der Waals surface area contributed by atoms with E-state index in [2.05, 4.69) is 93.7 Å². The highest BCUT2D eigenvalue weighted by molar-refractivity contribution is 8.01. The highest BCUT2D eigenvalue weighted by atomic mass is 32.2. The summed E-state index contributed by atoms with van der Waals surface area (Å²) in [5.74, 6) is -0.703. The first-order valence-corrected chi connectivity index (χ1v) is 24.8. The molecule has 1 saturated heterocycles. The third kappa shape index (κ3) is 11.7. The average Bonchev–Trinajstić information content (AvgIpc) is 4.02. The minimum Gasteiger partial charge on any atom is -0.458 e. The van der Waals surface area contributed by atoms with Crippen LogP contribution < -0.4 is 16.0 Å². The lowest BCUT2D eigenvalue weighted by molar-refractivity contribution is -0.156. The maximum absolute atomic E-state index is 14.4. The number of carbonyl (C=O) groups is 3. The number of ketones is 1. The molecule has 1 amide bonds. The molecule has 0 bridgehead atoms. The monoisotopic (exact) mass is 914 g/mol. The smallest absolute Gasteiger partial charge is 0.330 e. The minimum absolute atomic E-state index is 0.0844. The molecule has 1 unspecified atom stereocenters. The van der Waals surface area contributed by atoms with Gasteiger partial charge in [-0.2, -0.15) is 11.8 Å². The fourth-order valence-electron chi connectivity index (χ4n) is 8.18. The van der Waals surface area contributed by atoms with Crippen molar-refractivity contribution in [2.24, 2.45) is 0 Å². The number of rotatable bonds is 19. The van der Waals surface area contributed by atoms with Gasteiger partial charge in [0.2, 0.25) is 5.78 Å². The van der Waals surface area contributed by atoms with E-state index in [0.29, 0.717) is 54.2 Å². The summed E-state index contributed by atoms with van der Waals surface area (Å²) >= 11 is 4.73. The van der Waals surface area contributed by atoms with Crippen LogP contribution in [0.15, 0.2) is 145 Å². The van der Waals surface area contributed by atoms with Crippen LogP contribution in [0.2, 0.25) is 0 Å². The van der Waals surface area contributed by atoms with E-state index in [1.807, 2.05) is 69.1 Å². The maximum Gasteiger partial charge on any atom is 0.330 e. The summed E-state index contributed by atoms with van der Waals surface area (Å²) in [6.07, 6.45) is 5.67. The van der Waals surface area contributed by atoms with Gasteiger partial charge >= 0.3 is 5.97 Å².